The highest BCUT2D eigenvalue weighted by Crippen LogP contribution is 2.38. The maximum Gasteiger partial charge on any atom is 0.261 e. The summed E-state index contributed by atoms with van der Waals surface area (Å²) in [4.78, 5) is 17.3. The van der Waals surface area contributed by atoms with Crippen molar-refractivity contribution in [3.63, 3.8) is 0 Å². The molecule has 2 aliphatic rings. The van der Waals surface area contributed by atoms with Crippen molar-refractivity contribution in [2.24, 2.45) is 0 Å². The van der Waals surface area contributed by atoms with E-state index in [2.05, 4.69) is 16.3 Å². The van der Waals surface area contributed by atoms with Crippen LogP contribution in [0.2, 0.25) is 0 Å². The van der Waals surface area contributed by atoms with Crippen molar-refractivity contribution in [1.82, 2.24) is 10.2 Å². The molecule has 4 rings (SSSR count). The van der Waals surface area contributed by atoms with Gasteiger partial charge in [-0.05, 0) is 49.1 Å². The number of fused-ring (bicyclic) bond motifs is 1. The molecule has 0 saturated heterocycles. The second-order valence-electron chi connectivity index (χ2n) is 7.00. The quantitative estimate of drug-likeness (QED) is 0.839. The molecule has 1 amide bonds. The molecule has 1 aliphatic carbocycles. The van der Waals surface area contributed by atoms with Gasteiger partial charge in [-0.2, -0.15) is 0 Å². The lowest BCUT2D eigenvalue weighted by Gasteiger charge is -2.16. The second-order valence-corrected chi connectivity index (χ2v) is 8.14. The fourth-order valence-electron chi connectivity index (χ4n) is 3.48. The summed E-state index contributed by atoms with van der Waals surface area (Å²) in [6, 6.07) is 8.46. The summed E-state index contributed by atoms with van der Waals surface area (Å²) in [5.41, 5.74) is 2.31. The number of amides is 1. The summed E-state index contributed by atoms with van der Waals surface area (Å²) < 4.78 is 10.6. The first-order chi connectivity index (χ1) is 12.6. The van der Waals surface area contributed by atoms with E-state index in [4.69, 9.17) is 9.47 Å². The number of nitrogens with one attached hydrogen (secondary N) is 1. The van der Waals surface area contributed by atoms with Crippen LogP contribution >= 0.6 is 11.3 Å². The molecule has 138 valence electrons. The maximum atomic E-state index is 12.7. The number of methoxy groups -OCH3 is 2. The van der Waals surface area contributed by atoms with Gasteiger partial charge in [0.2, 0.25) is 0 Å². The minimum absolute atomic E-state index is 0.00958. The zero-order valence-electron chi connectivity index (χ0n) is 15.4. The van der Waals surface area contributed by atoms with Crippen LogP contribution in [0, 0.1) is 0 Å². The number of carbonyl (C=O) groups excluding carboxylic acids is 1. The van der Waals surface area contributed by atoms with Gasteiger partial charge in [0.1, 0.15) is 0 Å². The molecule has 6 heteroatoms. The second kappa shape index (κ2) is 6.93. The first-order valence-electron chi connectivity index (χ1n) is 8.97. The lowest BCUT2D eigenvalue weighted by molar-refractivity contribution is 0.0943. The molecule has 1 atom stereocenters. The molecule has 26 heavy (non-hydrogen) atoms. The van der Waals surface area contributed by atoms with E-state index in [0.717, 1.165) is 29.6 Å². The summed E-state index contributed by atoms with van der Waals surface area (Å²) in [5, 5.41) is 3.10. The van der Waals surface area contributed by atoms with Gasteiger partial charge in [-0.25, -0.2) is 0 Å². The Balaban J connectivity index is 1.43. The Morgan fingerprint density at radius 1 is 1.19 bits per heavy atom. The van der Waals surface area contributed by atoms with E-state index in [-0.39, 0.29) is 11.9 Å². The van der Waals surface area contributed by atoms with Crippen molar-refractivity contribution in [3.8, 4) is 11.5 Å². The first kappa shape index (κ1) is 17.4. The Kier molecular flexibility index (Phi) is 4.63. The molecule has 1 saturated carbocycles. The molecule has 1 aromatic heterocycles. The van der Waals surface area contributed by atoms with Crippen LogP contribution in [-0.4, -0.2) is 31.1 Å². The van der Waals surface area contributed by atoms with Gasteiger partial charge in [0.05, 0.1) is 25.1 Å². The molecule has 1 aromatic carbocycles. The molecule has 0 bridgehead atoms. The number of thiophene rings is 1. The van der Waals surface area contributed by atoms with Gasteiger partial charge in [-0.3, -0.25) is 9.69 Å². The summed E-state index contributed by atoms with van der Waals surface area (Å²) in [5.74, 6) is 1.34. The number of nitrogens with zero attached hydrogens (tertiary/aromatic N) is 1. The third-order valence-corrected chi connectivity index (χ3v) is 6.32. The van der Waals surface area contributed by atoms with Crippen LogP contribution in [0.15, 0.2) is 24.3 Å². The number of hydrogen-bond acceptors (Lipinski definition) is 5. The fourth-order valence-corrected chi connectivity index (χ4v) is 4.58. The van der Waals surface area contributed by atoms with E-state index < -0.39 is 0 Å². The van der Waals surface area contributed by atoms with Gasteiger partial charge in [0.15, 0.2) is 11.5 Å². The highest BCUT2D eigenvalue weighted by molar-refractivity contribution is 7.14. The first-order valence-corrected chi connectivity index (χ1v) is 9.79. The minimum Gasteiger partial charge on any atom is -0.493 e. The normalized spacial score (nSPS) is 17.7. The summed E-state index contributed by atoms with van der Waals surface area (Å²) in [6.07, 6.45) is 2.65. The van der Waals surface area contributed by atoms with E-state index in [0.29, 0.717) is 11.5 Å². The molecule has 1 N–H and O–H groups in total. The summed E-state index contributed by atoms with van der Waals surface area (Å²) in [6.45, 7) is 3.98. The van der Waals surface area contributed by atoms with Crippen LogP contribution in [0.3, 0.4) is 0 Å². The van der Waals surface area contributed by atoms with E-state index in [1.54, 1.807) is 25.6 Å². The predicted octanol–water partition coefficient (Wildman–Crippen LogP) is 3.73. The van der Waals surface area contributed by atoms with Gasteiger partial charge < -0.3 is 14.8 Å². The topological polar surface area (TPSA) is 50.8 Å². The smallest absolute Gasteiger partial charge is 0.261 e. The number of hydrogen-bond donors (Lipinski definition) is 1. The molecule has 0 radical (unpaired) electrons. The molecule has 1 fully saturated rings. The largest absolute Gasteiger partial charge is 0.493 e. The molecule has 0 spiro atoms. The monoisotopic (exact) mass is 372 g/mol. The highest BCUT2D eigenvalue weighted by Gasteiger charge is 2.34. The van der Waals surface area contributed by atoms with Crippen LogP contribution in [-0.2, 0) is 13.1 Å². The Morgan fingerprint density at radius 3 is 2.62 bits per heavy atom. The molecule has 2 aromatic rings. The maximum absolute atomic E-state index is 12.7. The third kappa shape index (κ3) is 3.31. The lowest BCUT2D eigenvalue weighted by atomic mass is 10.1. The van der Waals surface area contributed by atoms with E-state index in [9.17, 15) is 4.79 Å². The van der Waals surface area contributed by atoms with Crippen LogP contribution < -0.4 is 14.8 Å². The Hall–Kier alpha value is -2.05. The van der Waals surface area contributed by atoms with Crippen LogP contribution in [0.1, 0.15) is 51.5 Å². The van der Waals surface area contributed by atoms with Crippen LogP contribution in [0.5, 0.6) is 11.5 Å². The average molecular weight is 372 g/mol. The number of benzene rings is 1. The number of rotatable bonds is 6. The van der Waals surface area contributed by atoms with Crippen molar-refractivity contribution in [2.45, 2.75) is 44.9 Å². The summed E-state index contributed by atoms with van der Waals surface area (Å²) in [7, 11) is 3.23. The molecular weight excluding hydrogens is 348 g/mol. The molecular formula is C20H24N2O3S. The van der Waals surface area contributed by atoms with E-state index in [1.165, 1.54) is 23.3 Å². The van der Waals surface area contributed by atoms with E-state index in [1.807, 2.05) is 25.1 Å². The summed E-state index contributed by atoms with van der Waals surface area (Å²) >= 11 is 1.63. The molecule has 0 unspecified atom stereocenters. The average Bonchev–Trinajstić information content (AvgIpc) is 3.30. The lowest BCUT2D eigenvalue weighted by Crippen LogP contribution is -2.26. The Bertz CT molecular complexity index is 805. The van der Waals surface area contributed by atoms with Gasteiger partial charge >= 0.3 is 0 Å². The zero-order valence-corrected chi connectivity index (χ0v) is 16.2. The number of ether oxygens (including phenoxy) is 2. The van der Waals surface area contributed by atoms with Crippen LogP contribution in [0.4, 0.5) is 0 Å². The zero-order chi connectivity index (χ0) is 18.3. The van der Waals surface area contributed by atoms with Crippen molar-refractivity contribution >= 4 is 17.2 Å². The van der Waals surface area contributed by atoms with Crippen molar-refractivity contribution in [2.75, 3.05) is 14.2 Å². The molecule has 1 aliphatic heterocycles. The minimum atomic E-state index is -0.109. The number of carbonyl (C=O) groups is 1. The van der Waals surface area contributed by atoms with Crippen molar-refractivity contribution < 1.29 is 14.3 Å². The molecule has 2 heterocycles. The van der Waals surface area contributed by atoms with E-state index >= 15 is 0 Å². The fraction of sp³-hybridized carbons (Fsp3) is 0.450. The van der Waals surface area contributed by atoms with Gasteiger partial charge in [-0.1, -0.05) is 6.07 Å². The van der Waals surface area contributed by atoms with Crippen molar-refractivity contribution in [1.29, 1.82) is 0 Å². The molecule has 5 nitrogen and oxygen atoms in total. The van der Waals surface area contributed by atoms with Crippen molar-refractivity contribution in [3.05, 3.63) is 45.1 Å². The van der Waals surface area contributed by atoms with Gasteiger partial charge in [0.25, 0.3) is 5.91 Å². The highest BCUT2D eigenvalue weighted by atomic mass is 32.1. The Morgan fingerprint density at radius 2 is 1.96 bits per heavy atom. The van der Waals surface area contributed by atoms with Gasteiger partial charge in [-0.15, -0.1) is 11.3 Å². The standard InChI is InChI=1S/C20H24N2O3S/c1-12(13-4-7-16(24-2)17(8-13)25-3)21-20(23)18-9-14-10-22(15-5-6-15)11-19(14)26-18/h4,7-9,12,15H,5-6,10-11H2,1-3H3,(H,21,23)/t12-/m0/s1. The SMILES string of the molecule is COc1ccc([C@H](C)NC(=O)c2cc3c(s2)CN(C2CC2)C3)cc1OC. The predicted molar refractivity (Wildman–Crippen MR) is 102 cm³/mol. The third-order valence-electron chi connectivity index (χ3n) is 5.16. The Labute approximate surface area is 157 Å². The van der Waals surface area contributed by atoms with Crippen LogP contribution in [0.25, 0.3) is 0 Å². The van der Waals surface area contributed by atoms with Gasteiger partial charge in [0, 0.05) is 24.0 Å².